The number of hydrogen-bond acceptors (Lipinski definition) is 2. The van der Waals surface area contributed by atoms with Gasteiger partial charge >= 0.3 is 0 Å². The zero-order valence-corrected chi connectivity index (χ0v) is 16.0. The highest BCUT2D eigenvalue weighted by atomic mass is 79.9. The van der Waals surface area contributed by atoms with Crippen LogP contribution >= 0.6 is 15.9 Å². The number of carbonyl (C=O) groups is 1. The van der Waals surface area contributed by atoms with E-state index in [2.05, 4.69) is 15.9 Å². The third-order valence-corrected chi connectivity index (χ3v) is 5.27. The van der Waals surface area contributed by atoms with Gasteiger partial charge in [-0.15, -0.1) is 0 Å². The summed E-state index contributed by atoms with van der Waals surface area (Å²) in [6.07, 6.45) is 1.64. The molecule has 0 bridgehead atoms. The Morgan fingerprint density at radius 2 is 1.80 bits per heavy atom. The molecule has 25 heavy (non-hydrogen) atoms. The first-order chi connectivity index (χ1) is 12.0. The van der Waals surface area contributed by atoms with E-state index in [1.807, 2.05) is 32.0 Å². The normalized spacial score (nSPS) is 15.3. The van der Waals surface area contributed by atoms with Crippen LogP contribution in [0.4, 0.5) is 4.39 Å². The van der Waals surface area contributed by atoms with Crippen molar-refractivity contribution in [1.29, 1.82) is 0 Å². The Kier molecular flexibility index (Phi) is 5.42. The van der Waals surface area contributed by atoms with Crippen LogP contribution in [-0.4, -0.2) is 30.0 Å². The molecular formula is C20H21BrFNO2. The molecule has 0 atom stereocenters. The summed E-state index contributed by atoms with van der Waals surface area (Å²) in [5.41, 5.74) is 2.62. The molecule has 5 heteroatoms. The molecule has 3 rings (SSSR count). The fourth-order valence-corrected chi connectivity index (χ4v) is 3.58. The Balaban J connectivity index is 1.64. The van der Waals surface area contributed by atoms with Crippen molar-refractivity contribution in [3.8, 4) is 5.75 Å². The van der Waals surface area contributed by atoms with E-state index in [0.717, 1.165) is 29.7 Å². The number of halogens is 2. The van der Waals surface area contributed by atoms with Gasteiger partial charge in [-0.05, 0) is 59.1 Å². The third kappa shape index (κ3) is 4.03. The number of aryl methyl sites for hydroxylation is 2. The van der Waals surface area contributed by atoms with Crippen molar-refractivity contribution in [2.75, 3.05) is 13.1 Å². The molecule has 0 aromatic heterocycles. The second-order valence-corrected chi connectivity index (χ2v) is 7.31. The van der Waals surface area contributed by atoms with Crippen LogP contribution in [0.5, 0.6) is 5.75 Å². The van der Waals surface area contributed by atoms with Crippen LogP contribution < -0.4 is 4.74 Å². The summed E-state index contributed by atoms with van der Waals surface area (Å²) in [6.45, 7) is 5.31. The number of nitrogens with zero attached hydrogens (tertiary/aromatic N) is 1. The molecule has 3 nitrogen and oxygen atoms in total. The minimum Gasteiger partial charge on any atom is -0.490 e. The topological polar surface area (TPSA) is 29.5 Å². The molecule has 2 aromatic rings. The fourth-order valence-electron chi connectivity index (χ4n) is 3.16. The lowest BCUT2D eigenvalue weighted by Crippen LogP contribution is -2.42. The highest BCUT2D eigenvalue weighted by molar-refractivity contribution is 9.10. The van der Waals surface area contributed by atoms with Gasteiger partial charge in [0.2, 0.25) is 0 Å². The Bertz CT molecular complexity index is 765. The van der Waals surface area contributed by atoms with Gasteiger partial charge in [-0.1, -0.05) is 18.2 Å². The summed E-state index contributed by atoms with van der Waals surface area (Å²) < 4.78 is 20.2. The Morgan fingerprint density at radius 1 is 1.16 bits per heavy atom. The van der Waals surface area contributed by atoms with Crippen molar-refractivity contribution < 1.29 is 13.9 Å². The fraction of sp³-hybridized carbons (Fsp3) is 0.350. The lowest BCUT2D eigenvalue weighted by Gasteiger charge is -2.33. The van der Waals surface area contributed by atoms with Crippen LogP contribution in [0.2, 0.25) is 0 Å². The van der Waals surface area contributed by atoms with Gasteiger partial charge in [-0.25, -0.2) is 4.39 Å². The molecule has 0 saturated carbocycles. The molecule has 0 aliphatic carbocycles. The van der Waals surface area contributed by atoms with Crippen LogP contribution in [0.25, 0.3) is 0 Å². The van der Waals surface area contributed by atoms with Gasteiger partial charge in [0.05, 0.1) is 5.56 Å². The van der Waals surface area contributed by atoms with Gasteiger partial charge < -0.3 is 9.64 Å². The van der Waals surface area contributed by atoms with Gasteiger partial charge in [0.25, 0.3) is 5.91 Å². The Labute approximate surface area is 155 Å². The van der Waals surface area contributed by atoms with Crippen molar-refractivity contribution in [3.63, 3.8) is 0 Å². The quantitative estimate of drug-likeness (QED) is 0.727. The van der Waals surface area contributed by atoms with Crippen LogP contribution in [0.15, 0.2) is 40.9 Å². The van der Waals surface area contributed by atoms with Crippen molar-refractivity contribution in [3.05, 3.63) is 63.4 Å². The van der Waals surface area contributed by atoms with E-state index in [1.54, 1.807) is 11.0 Å². The summed E-state index contributed by atoms with van der Waals surface area (Å²) in [7, 11) is 0. The summed E-state index contributed by atoms with van der Waals surface area (Å²) in [5, 5.41) is 0. The van der Waals surface area contributed by atoms with Crippen LogP contribution in [0.1, 0.15) is 34.3 Å². The van der Waals surface area contributed by atoms with Gasteiger partial charge in [-0.3, -0.25) is 4.79 Å². The smallest absolute Gasteiger partial charge is 0.255 e. The van der Waals surface area contributed by atoms with Crippen molar-refractivity contribution in [2.24, 2.45) is 0 Å². The number of carbonyl (C=O) groups excluding carboxylic acids is 1. The second-order valence-electron chi connectivity index (χ2n) is 6.45. The minimum absolute atomic E-state index is 0.0970. The molecular weight excluding hydrogens is 385 g/mol. The summed E-state index contributed by atoms with van der Waals surface area (Å²) in [4.78, 5) is 14.4. The third-order valence-electron chi connectivity index (χ3n) is 4.58. The molecule has 0 radical (unpaired) electrons. The molecule has 0 unspecified atom stereocenters. The zero-order chi connectivity index (χ0) is 18.0. The van der Waals surface area contributed by atoms with E-state index in [0.29, 0.717) is 23.1 Å². The molecule has 2 aromatic carbocycles. The summed E-state index contributed by atoms with van der Waals surface area (Å²) in [6, 6.07) is 10.3. The standard InChI is InChI=1S/C20H21BrFNO2/c1-13-4-3-5-14(2)19(13)25-16-8-10-23(11-9-16)20(24)17-12-15(22)6-7-18(17)21/h3-7,12,16H,8-11H2,1-2H3. The lowest BCUT2D eigenvalue weighted by molar-refractivity contribution is 0.0592. The van der Waals surface area contributed by atoms with Crippen LogP contribution in [0, 0.1) is 19.7 Å². The first-order valence-corrected chi connectivity index (χ1v) is 9.22. The molecule has 1 amide bonds. The number of likely N-dealkylation sites (tertiary alicyclic amines) is 1. The molecule has 1 aliphatic heterocycles. The highest BCUT2D eigenvalue weighted by Gasteiger charge is 2.26. The Morgan fingerprint density at radius 3 is 2.44 bits per heavy atom. The highest BCUT2D eigenvalue weighted by Crippen LogP contribution is 2.27. The van der Waals surface area contributed by atoms with E-state index in [4.69, 9.17) is 4.74 Å². The number of hydrogen-bond donors (Lipinski definition) is 0. The first kappa shape index (κ1) is 17.9. The average Bonchev–Trinajstić information content (AvgIpc) is 2.60. The zero-order valence-electron chi connectivity index (χ0n) is 14.4. The van der Waals surface area contributed by atoms with Crippen LogP contribution in [0.3, 0.4) is 0 Å². The van der Waals surface area contributed by atoms with E-state index in [9.17, 15) is 9.18 Å². The number of amides is 1. The van der Waals surface area contributed by atoms with E-state index < -0.39 is 5.82 Å². The first-order valence-electron chi connectivity index (χ1n) is 8.43. The molecule has 0 N–H and O–H groups in total. The summed E-state index contributed by atoms with van der Waals surface area (Å²) >= 11 is 3.33. The van der Waals surface area contributed by atoms with Crippen molar-refractivity contribution in [1.82, 2.24) is 4.90 Å². The van der Waals surface area contributed by atoms with Gasteiger partial charge in [0.15, 0.2) is 0 Å². The van der Waals surface area contributed by atoms with Crippen molar-refractivity contribution in [2.45, 2.75) is 32.8 Å². The molecule has 1 saturated heterocycles. The largest absolute Gasteiger partial charge is 0.490 e. The maximum absolute atomic E-state index is 13.4. The SMILES string of the molecule is Cc1cccc(C)c1OC1CCN(C(=O)c2cc(F)ccc2Br)CC1. The molecule has 1 fully saturated rings. The summed E-state index contributed by atoms with van der Waals surface area (Å²) in [5.74, 6) is 0.400. The predicted octanol–water partition coefficient (Wildman–Crippen LogP) is 4.89. The molecule has 1 aliphatic rings. The molecule has 0 spiro atoms. The van der Waals surface area contributed by atoms with Gasteiger partial charge in [0.1, 0.15) is 17.7 Å². The van der Waals surface area contributed by atoms with E-state index >= 15 is 0 Å². The minimum atomic E-state index is -0.403. The number of para-hydroxylation sites is 1. The number of ether oxygens (including phenoxy) is 1. The van der Waals surface area contributed by atoms with Crippen molar-refractivity contribution >= 4 is 21.8 Å². The lowest BCUT2D eigenvalue weighted by atomic mass is 10.1. The Hall–Kier alpha value is -1.88. The number of piperidine rings is 1. The average molecular weight is 406 g/mol. The maximum atomic E-state index is 13.4. The number of rotatable bonds is 3. The molecule has 132 valence electrons. The van der Waals surface area contributed by atoms with Gasteiger partial charge in [0, 0.05) is 30.4 Å². The molecule has 1 heterocycles. The number of benzene rings is 2. The van der Waals surface area contributed by atoms with Crippen LogP contribution in [-0.2, 0) is 0 Å². The van der Waals surface area contributed by atoms with E-state index in [1.165, 1.54) is 12.1 Å². The second kappa shape index (κ2) is 7.56. The predicted molar refractivity (Wildman–Crippen MR) is 99.6 cm³/mol. The van der Waals surface area contributed by atoms with Gasteiger partial charge in [-0.2, -0.15) is 0 Å². The monoisotopic (exact) mass is 405 g/mol. The maximum Gasteiger partial charge on any atom is 0.255 e. The van der Waals surface area contributed by atoms with E-state index in [-0.39, 0.29) is 12.0 Å².